The highest BCUT2D eigenvalue weighted by Crippen LogP contribution is 2.44. The summed E-state index contributed by atoms with van der Waals surface area (Å²) < 4.78 is 32.8. The Balaban J connectivity index is 1.99. The van der Waals surface area contributed by atoms with Crippen molar-refractivity contribution in [2.24, 2.45) is 0 Å². The summed E-state index contributed by atoms with van der Waals surface area (Å²) in [4.78, 5) is 0.254. The molecule has 4 nitrogen and oxygen atoms in total. The second-order valence-corrected chi connectivity index (χ2v) is 8.55. The van der Waals surface area contributed by atoms with Crippen LogP contribution < -0.4 is 4.74 Å². The van der Waals surface area contributed by atoms with Gasteiger partial charge in [-0.2, -0.15) is 4.31 Å². The second kappa shape index (κ2) is 6.73. The van der Waals surface area contributed by atoms with Gasteiger partial charge in [-0.3, -0.25) is 0 Å². The highest BCUT2D eigenvalue weighted by molar-refractivity contribution is 8.01. The number of benzene rings is 2. The van der Waals surface area contributed by atoms with Crippen molar-refractivity contribution in [3.8, 4) is 5.75 Å². The van der Waals surface area contributed by atoms with Crippen molar-refractivity contribution in [3.63, 3.8) is 0 Å². The summed E-state index contributed by atoms with van der Waals surface area (Å²) in [5, 5.41) is 0.229. The van der Waals surface area contributed by atoms with Crippen LogP contribution in [0.5, 0.6) is 5.75 Å². The van der Waals surface area contributed by atoms with E-state index in [-0.39, 0.29) is 10.3 Å². The average molecular weight is 370 g/mol. The van der Waals surface area contributed by atoms with E-state index < -0.39 is 10.0 Å². The molecule has 23 heavy (non-hydrogen) atoms. The lowest BCUT2D eigenvalue weighted by Crippen LogP contribution is -2.30. The largest absolute Gasteiger partial charge is 0.496 e. The van der Waals surface area contributed by atoms with Crippen molar-refractivity contribution in [1.29, 1.82) is 0 Å². The van der Waals surface area contributed by atoms with Gasteiger partial charge in [0.05, 0.1) is 17.4 Å². The van der Waals surface area contributed by atoms with Gasteiger partial charge in [-0.25, -0.2) is 8.42 Å². The van der Waals surface area contributed by atoms with Crippen LogP contribution in [0.4, 0.5) is 0 Å². The van der Waals surface area contributed by atoms with E-state index in [1.54, 1.807) is 43.1 Å². The molecule has 0 bridgehead atoms. The third-order valence-corrected chi connectivity index (χ3v) is 7.18. The molecule has 0 amide bonds. The first-order valence-corrected chi connectivity index (χ1v) is 9.92. The summed E-state index contributed by atoms with van der Waals surface area (Å²) in [6, 6.07) is 13.8. The summed E-state index contributed by atoms with van der Waals surface area (Å²) in [6.45, 7) is 0.471. The molecule has 0 aliphatic carbocycles. The van der Waals surface area contributed by atoms with E-state index in [0.717, 1.165) is 11.3 Å². The predicted molar refractivity (Wildman–Crippen MR) is 93.5 cm³/mol. The molecular weight excluding hydrogens is 354 g/mol. The van der Waals surface area contributed by atoms with Crippen LogP contribution >= 0.6 is 23.4 Å². The lowest BCUT2D eigenvalue weighted by Gasteiger charge is -2.24. The van der Waals surface area contributed by atoms with Gasteiger partial charge < -0.3 is 4.74 Å². The summed E-state index contributed by atoms with van der Waals surface area (Å²) in [6.07, 6.45) is 0. The fraction of sp³-hybridized carbons (Fsp3) is 0.250. The summed E-state index contributed by atoms with van der Waals surface area (Å²) in [5.74, 6) is 1.44. The fourth-order valence-electron chi connectivity index (χ4n) is 2.56. The highest BCUT2D eigenvalue weighted by atomic mass is 35.5. The lowest BCUT2D eigenvalue weighted by molar-refractivity contribution is 0.390. The molecule has 0 spiro atoms. The Kier molecular flexibility index (Phi) is 4.87. The van der Waals surface area contributed by atoms with Crippen molar-refractivity contribution in [2.75, 3.05) is 19.4 Å². The quantitative estimate of drug-likeness (QED) is 0.822. The first-order valence-electron chi connectivity index (χ1n) is 7.06. The standard InChI is InChI=1S/C16H16ClNO3S2/c1-21-15-5-3-2-4-14(15)16-18(10-11-22-16)23(19,20)13-8-6-12(17)7-9-13/h2-9,16H,10-11H2,1H3. The molecule has 0 saturated carbocycles. The maximum atomic E-state index is 13.0. The number of para-hydroxylation sites is 1. The van der Waals surface area contributed by atoms with E-state index in [1.807, 2.05) is 24.3 Å². The predicted octanol–water partition coefficient (Wildman–Crippen LogP) is 3.78. The van der Waals surface area contributed by atoms with Crippen LogP contribution in [0.1, 0.15) is 10.9 Å². The Morgan fingerprint density at radius 3 is 2.57 bits per heavy atom. The molecule has 1 aliphatic heterocycles. The molecule has 0 radical (unpaired) electrons. The van der Waals surface area contributed by atoms with Crippen molar-refractivity contribution in [1.82, 2.24) is 4.31 Å². The minimum Gasteiger partial charge on any atom is -0.496 e. The van der Waals surface area contributed by atoms with Crippen LogP contribution in [-0.2, 0) is 10.0 Å². The van der Waals surface area contributed by atoms with Crippen LogP contribution in [0.3, 0.4) is 0 Å². The molecule has 1 heterocycles. The maximum Gasteiger partial charge on any atom is 0.244 e. The number of thioether (sulfide) groups is 1. The Hall–Kier alpha value is -1.21. The van der Waals surface area contributed by atoms with Crippen molar-refractivity contribution in [2.45, 2.75) is 10.3 Å². The normalized spacial score (nSPS) is 19.0. The maximum absolute atomic E-state index is 13.0. The second-order valence-electron chi connectivity index (χ2n) is 5.03. The Labute approximate surface area is 145 Å². The topological polar surface area (TPSA) is 46.6 Å². The molecular formula is C16H16ClNO3S2. The molecule has 0 aromatic heterocycles. The number of hydrogen-bond donors (Lipinski definition) is 0. The van der Waals surface area contributed by atoms with E-state index >= 15 is 0 Å². The van der Waals surface area contributed by atoms with Crippen LogP contribution in [0.2, 0.25) is 5.02 Å². The molecule has 1 fully saturated rings. The SMILES string of the molecule is COc1ccccc1C1SCCN1S(=O)(=O)c1ccc(Cl)cc1. The van der Waals surface area contributed by atoms with Crippen LogP contribution in [-0.4, -0.2) is 32.1 Å². The van der Waals surface area contributed by atoms with Crippen LogP contribution in [0.25, 0.3) is 0 Å². The summed E-state index contributed by atoms with van der Waals surface area (Å²) in [7, 11) is -1.99. The van der Waals surface area contributed by atoms with Gasteiger partial charge in [-0.1, -0.05) is 29.8 Å². The third kappa shape index (κ3) is 3.21. The number of hydrogen-bond acceptors (Lipinski definition) is 4. The van der Waals surface area contributed by atoms with E-state index in [2.05, 4.69) is 0 Å². The van der Waals surface area contributed by atoms with Gasteiger partial charge in [0.1, 0.15) is 5.75 Å². The summed E-state index contributed by atoms with van der Waals surface area (Å²) in [5.41, 5.74) is 0.870. The zero-order chi connectivity index (χ0) is 16.4. The van der Waals surface area contributed by atoms with Gasteiger partial charge in [0, 0.05) is 22.9 Å². The van der Waals surface area contributed by atoms with Crippen molar-refractivity contribution >= 4 is 33.4 Å². The Morgan fingerprint density at radius 2 is 1.87 bits per heavy atom. The van der Waals surface area contributed by atoms with E-state index in [0.29, 0.717) is 17.3 Å². The molecule has 3 rings (SSSR count). The van der Waals surface area contributed by atoms with E-state index in [9.17, 15) is 8.42 Å². The number of methoxy groups -OCH3 is 1. The zero-order valence-corrected chi connectivity index (χ0v) is 14.9. The molecule has 7 heteroatoms. The Bertz CT molecular complexity index is 793. The monoisotopic (exact) mass is 369 g/mol. The number of ether oxygens (including phenoxy) is 1. The zero-order valence-electron chi connectivity index (χ0n) is 12.5. The van der Waals surface area contributed by atoms with Gasteiger partial charge in [0.2, 0.25) is 10.0 Å². The molecule has 0 N–H and O–H groups in total. The minimum atomic E-state index is -3.58. The van der Waals surface area contributed by atoms with E-state index in [1.165, 1.54) is 4.31 Å². The minimum absolute atomic E-state index is 0.254. The average Bonchev–Trinajstić information content (AvgIpc) is 3.05. The first kappa shape index (κ1) is 16.6. The lowest BCUT2D eigenvalue weighted by atomic mass is 10.2. The molecule has 122 valence electrons. The van der Waals surface area contributed by atoms with E-state index in [4.69, 9.17) is 16.3 Å². The molecule has 1 atom stereocenters. The van der Waals surface area contributed by atoms with Crippen molar-refractivity contribution < 1.29 is 13.2 Å². The number of rotatable bonds is 4. The number of halogens is 1. The molecule has 2 aromatic carbocycles. The molecule has 1 aliphatic rings. The number of sulfonamides is 1. The smallest absolute Gasteiger partial charge is 0.244 e. The number of nitrogens with zero attached hydrogens (tertiary/aromatic N) is 1. The van der Waals surface area contributed by atoms with Crippen LogP contribution in [0.15, 0.2) is 53.4 Å². The molecule has 1 saturated heterocycles. The fourth-order valence-corrected chi connectivity index (χ4v) is 5.94. The van der Waals surface area contributed by atoms with Gasteiger partial charge >= 0.3 is 0 Å². The van der Waals surface area contributed by atoms with Crippen molar-refractivity contribution in [3.05, 3.63) is 59.1 Å². The third-order valence-electron chi connectivity index (χ3n) is 3.67. The highest BCUT2D eigenvalue weighted by Gasteiger charge is 2.38. The first-order chi connectivity index (χ1) is 11.0. The Morgan fingerprint density at radius 1 is 1.17 bits per heavy atom. The van der Waals surface area contributed by atoms with Crippen LogP contribution in [0, 0.1) is 0 Å². The van der Waals surface area contributed by atoms with Gasteiger partial charge in [0.15, 0.2) is 0 Å². The van der Waals surface area contributed by atoms with Gasteiger partial charge in [-0.15, -0.1) is 11.8 Å². The summed E-state index contributed by atoms with van der Waals surface area (Å²) >= 11 is 7.45. The van der Waals surface area contributed by atoms with Gasteiger partial charge in [0.25, 0.3) is 0 Å². The van der Waals surface area contributed by atoms with Gasteiger partial charge in [-0.05, 0) is 30.3 Å². The molecule has 2 aromatic rings. The molecule has 1 unspecified atom stereocenters.